The molecule has 0 bridgehead atoms. The minimum absolute atomic E-state index is 0. The first-order valence-electron chi connectivity index (χ1n) is 6.87. The number of rotatable bonds is 9. The number of nitrogens with zero attached hydrogens (tertiary/aromatic N) is 2. The van der Waals surface area contributed by atoms with Crippen LogP contribution in [0.2, 0.25) is 0 Å². The lowest BCUT2D eigenvalue weighted by Crippen LogP contribution is -2.39. The van der Waals surface area contributed by atoms with Crippen LogP contribution < -0.4 is 10.6 Å². The minimum Gasteiger partial charge on any atom is -0.357 e. The maximum atomic E-state index is 4.59. The normalized spacial score (nSPS) is 13.1. The predicted octanol–water partition coefficient (Wildman–Crippen LogP) is 2.25. The van der Waals surface area contributed by atoms with Crippen LogP contribution in [0.25, 0.3) is 0 Å². The summed E-state index contributed by atoms with van der Waals surface area (Å²) >= 11 is 1.84. The average molecular weight is 402 g/mol. The first-order chi connectivity index (χ1) is 8.65. The maximum absolute atomic E-state index is 4.59. The van der Waals surface area contributed by atoms with E-state index in [0.717, 1.165) is 37.9 Å². The van der Waals surface area contributed by atoms with E-state index in [9.17, 15) is 0 Å². The molecule has 0 amide bonds. The van der Waals surface area contributed by atoms with Crippen LogP contribution in [0, 0.1) is 0 Å². The fraction of sp³-hybridized carbons (Fsp3) is 0.923. The van der Waals surface area contributed by atoms with Gasteiger partial charge in [-0.05, 0) is 33.6 Å². The SMILES string of the molecule is CCNC(=NCCN(C)C(C)CC)NCCSC.I. The highest BCUT2D eigenvalue weighted by atomic mass is 127. The molecule has 0 radical (unpaired) electrons. The molecule has 2 N–H and O–H groups in total. The summed E-state index contributed by atoms with van der Waals surface area (Å²) in [4.78, 5) is 6.94. The van der Waals surface area contributed by atoms with E-state index in [4.69, 9.17) is 0 Å². The average Bonchev–Trinajstić information content (AvgIpc) is 2.37. The fourth-order valence-electron chi connectivity index (χ4n) is 1.46. The molecule has 0 aromatic heterocycles. The highest BCUT2D eigenvalue weighted by Crippen LogP contribution is 1.98. The Kier molecular flexibility index (Phi) is 16.7. The smallest absolute Gasteiger partial charge is 0.191 e. The van der Waals surface area contributed by atoms with Crippen LogP contribution in [0.3, 0.4) is 0 Å². The van der Waals surface area contributed by atoms with E-state index in [1.165, 1.54) is 6.42 Å². The fourth-order valence-corrected chi connectivity index (χ4v) is 1.77. The molecule has 1 atom stereocenters. The lowest BCUT2D eigenvalue weighted by Gasteiger charge is -2.22. The molecule has 6 heteroatoms. The second kappa shape index (κ2) is 14.7. The molecule has 0 saturated carbocycles. The Morgan fingerprint density at radius 3 is 2.53 bits per heavy atom. The number of guanidine groups is 1. The maximum Gasteiger partial charge on any atom is 0.191 e. The van der Waals surface area contributed by atoms with Crippen molar-refractivity contribution in [3.63, 3.8) is 0 Å². The lowest BCUT2D eigenvalue weighted by molar-refractivity contribution is 0.259. The van der Waals surface area contributed by atoms with Gasteiger partial charge in [0.1, 0.15) is 0 Å². The van der Waals surface area contributed by atoms with Gasteiger partial charge < -0.3 is 15.5 Å². The van der Waals surface area contributed by atoms with E-state index in [1.807, 2.05) is 11.8 Å². The summed E-state index contributed by atoms with van der Waals surface area (Å²) in [6, 6.07) is 0.632. The van der Waals surface area contributed by atoms with Gasteiger partial charge in [-0.2, -0.15) is 11.8 Å². The second-order valence-electron chi connectivity index (χ2n) is 4.42. The van der Waals surface area contributed by atoms with Crippen molar-refractivity contribution in [3.8, 4) is 0 Å². The van der Waals surface area contributed by atoms with Crippen molar-refractivity contribution in [2.45, 2.75) is 33.2 Å². The van der Waals surface area contributed by atoms with E-state index >= 15 is 0 Å². The van der Waals surface area contributed by atoms with Gasteiger partial charge in [0.25, 0.3) is 0 Å². The molecule has 116 valence electrons. The molecule has 1 unspecified atom stereocenters. The third-order valence-electron chi connectivity index (χ3n) is 3.01. The van der Waals surface area contributed by atoms with Gasteiger partial charge in [0.05, 0.1) is 6.54 Å². The van der Waals surface area contributed by atoms with Crippen LogP contribution in [-0.4, -0.2) is 62.1 Å². The van der Waals surface area contributed by atoms with Gasteiger partial charge in [-0.25, -0.2) is 0 Å². The van der Waals surface area contributed by atoms with E-state index in [2.05, 4.69) is 54.6 Å². The molecule has 19 heavy (non-hydrogen) atoms. The molecule has 0 aromatic rings. The Labute approximate surface area is 140 Å². The van der Waals surface area contributed by atoms with Gasteiger partial charge in [0.2, 0.25) is 0 Å². The van der Waals surface area contributed by atoms with Gasteiger partial charge >= 0.3 is 0 Å². The molecular formula is C13H31IN4S. The lowest BCUT2D eigenvalue weighted by atomic mass is 10.2. The van der Waals surface area contributed by atoms with E-state index in [-0.39, 0.29) is 24.0 Å². The van der Waals surface area contributed by atoms with Crippen LogP contribution in [0.15, 0.2) is 4.99 Å². The zero-order valence-electron chi connectivity index (χ0n) is 13.0. The molecule has 0 aliphatic heterocycles. The number of likely N-dealkylation sites (N-methyl/N-ethyl adjacent to an activating group) is 1. The van der Waals surface area contributed by atoms with Gasteiger partial charge in [0, 0.05) is 31.4 Å². The number of nitrogens with one attached hydrogen (secondary N) is 2. The Morgan fingerprint density at radius 2 is 2.00 bits per heavy atom. The Bertz CT molecular complexity index is 227. The summed E-state index contributed by atoms with van der Waals surface area (Å²) in [5.74, 6) is 2.04. The zero-order chi connectivity index (χ0) is 13.8. The molecule has 4 nitrogen and oxygen atoms in total. The number of aliphatic imine (C=N–C) groups is 1. The van der Waals surface area contributed by atoms with Gasteiger partial charge in [-0.1, -0.05) is 6.92 Å². The number of hydrogen-bond acceptors (Lipinski definition) is 3. The molecule has 0 spiro atoms. The molecule has 0 rings (SSSR count). The molecule has 0 aromatic carbocycles. The second-order valence-corrected chi connectivity index (χ2v) is 5.40. The van der Waals surface area contributed by atoms with Crippen LogP contribution in [0.5, 0.6) is 0 Å². The molecule has 0 aliphatic carbocycles. The third kappa shape index (κ3) is 11.8. The zero-order valence-corrected chi connectivity index (χ0v) is 16.2. The van der Waals surface area contributed by atoms with Crippen molar-refractivity contribution >= 4 is 41.7 Å². The van der Waals surface area contributed by atoms with Crippen LogP contribution in [0.1, 0.15) is 27.2 Å². The summed E-state index contributed by atoms with van der Waals surface area (Å²) in [7, 11) is 2.16. The molecule has 0 heterocycles. The van der Waals surface area contributed by atoms with E-state index in [0.29, 0.717) is 6.04 Å². The number of hydrogen-bond donors (Lipinski definition) is 2. The van der Waals surface area contributed by atoms with Crippen LogP contribution in [-0.2, 0) is 0 Å². The topological polar surface area (TPSA) is 39.7 Å². The minimum atomic E-state index is 0. The summed E-state index contributed by atoms with van der Waals surface area (Å²) in [5.41, 5.74) is 0. The van der Waals surface area contributed by atoms with Gasteiger partial charge in [0.15, 0.2) is 5.96 Å². The van der Waals surface area contributed by atoms with Crippen LogP contribution in [0.4, 0.5) is 0 Å². The molecule has 0 aliphatic rings. The summed E-state index contributed by atoms with van der Waals surface area (Å²) < 4.78 is 0. The summed E-state index contributed by atoms with van der Waals surface area (Å²) in [6.07, 6.45) is 3.30. The highest BCUT2D eigenvalue weighted by Gasteiger charge is 2.05. The van der Waals surface area contributed by atoms with E-state index in [1.54, 1.807) is 0 Å². The van der Waals surface area contributed by atoms with Crippen molar-refractivity contribution in [2.24, 2.45) is 4.99 Å². The quantitative estimate of drug-likeness (QED) is 0.269. The summed E-state index contributed by atoms with van der Waals surface area (Å²) in [5, 5.41) is 6.61. The first kappa shape index (κ1) is 21.6. The van der Waals surface area contributed by atoms with Crippen molar-refractivity contribution in [3.05, 3.63) is 0 Å². The molecular weight excluding hydrogens is 371 g/mol. The number of thioether (sulfide) groups is 1. The van der Waals surface area contributed by atoms with Crippen molar-refractivity contribution in [1.82, 2.24) is 15.5 Å². The van der Waals surface area contributed by atoms with Gasteiger partial charge in [-0.15, -0.1) is 24.0 Å². The number of halogens is 1. The molecule has 0 fully saturated rings. The third-order valence-corrected chi connectivity index (χ3v) is 3.62. The van der Waals surface area contributed by atoms with Crippen LogP contribution >= 0.6 is 35.7 Å². The largest absolute Gasteiger partial charge is 0.357 e. The molecule has 0 saturated heterocycles. The van der Waals surface area contributed by atoms with Crippen molar-refractivity contribution < 1.29 is 0 Å². The predicted molar refractivity (Wildman–Crippen MR) is 100 cm³/mol. The monoisotopic (exact) mass is 402 g/mol. The Morgan fingerprint density at radius 1 is 1.32 bits per heavy atom. The Hall–Kier alpha value is 0.310. The van der Waals surface area contributed by atoms with Gasteiger partial charge in [-0.3, -0.25) is 4.99 Å². The Balaban J connectivity index is 0. The summed E-state index contributed by atoms with van der Waals surface area (Å²) in [6.45, 7) is 10.3. The standard InChI is InChI=1S/C13H30N4S.HI/c1-6-12(3)17(4)10-8-15-13(14-7-2)16-9-11-18-5;/h12H,6-11H2,1-5H3,(H2,14,15,16);1H. The van der Waals surface area contributed by atoms with E-state index < -0.39 is 0 Å². The highest BCUT2D eigenvalue weighted by molar-refractivity contribution is 14.0. The first-order valence-corrected chi connectivity index (χ1v) is 8.26. The van der Waals surface area contributed by atoms with Crippen molar-refractivity contribution in [1.29, 1.82) is 0 Å². The van der Waals surface area contributed by atoms with Crippen molar-refractivity contribution in [2.75, 3.05) is 45.2 Å².